The number of ether oxygens (including phenoxy) is 1. The summed E-state index contributed by atoms with van der Waals surface area (Å²) in [5.41, 5.74) is 0.966. The van der Waals surface area contributed by atoms with Gasteiger partial charge in [-0.3, -0.25) is 4.90 Å². The summed E-state index contributed by atoms with van der Waals surface area (Å²) in [5.74, 6) is 0.832. The Kier molecular flexibility index (Phi) is 4.15. The van der Waals surface area contributed by atoms with E-state index in [1.165, 1.54) is 12.8 Å². The summed E-state index contributed by atoms with van der Waals surface area (Å²) in [7, 11) is 0. The van der Waals surface area contributed by atoms with E-state index in [0.717, 1.165) is 30.7 Å². The highest BCUT2D eigenvalue weighted by atomic mass is 16.5. The molecule has 2 rings (SSSR count). The predicted molar refractivity (Wildman–Crippen MR) is 67.1 cm³/mol. The monoisotopic (exact) mass is 233 g/mol. The maximum atomic E-state index is 10.6. The highest BCUT2D eigenvalue weighted by Gasteiger charge is 2.19. The van der Waals surface area contributed by atoms with Crippen LogP contribution in [0.1, 0.15) is 25.3 Å². The highest BCUT2D eigenvalue weighted by molar-refractivity contribution is 5.57. The number of rotatable bonds is 5. The van der Waals surface area contributed by atoms with Crippen LogP contribution in [0.5, 0.6) is 5.75 Å². The predicted octanol–water partition coefficient (Wildman–Crippen LogP) is 2.25. The standard InChI is InChI=1S/C14H19NO2/c1-12(15-9-4-5-10-15)17-14-7-3-2-6-13(14)8-11-16/h2-3,6-7,11-12H,4-5,8-10H2,1H3. The molecule has 1 aromatic carbocycles. The minimum Gasteiger partial charge on any atom is -0.475 e. The minimum absolute atomic E-state index is 0.0882. The fraction of sp³-hybridized carbons (Fsp3) is 0.500. The number of carbonyl (C=O) groups is 1. The van der Waals surface area contributed by atoms with E-state index in [1.807, 2.05) is 24.3 Å². The van der Waals surface area contributed by atoms with E-state index in [-0.39, 0.29) is 6.23 Å². The Hall–Kier alpha value is -1.35. The van der Waals surface area contributed by atoms with E-state index in [4.69, 9.17) is 4.74 Å². The van der Waals surface area contributed by atoms with Crippen LogP contribution in [-0.2, 0) is 11.2 Å². The van der Waals surface area contributed by atoms with Crippen molar-refractivity contribution in [3.63, 3.8) is 0 Å². The third-order valence-electron chi connectivity index (χ3n) is 3.23. The lowest BCUT2D eigenvalue weighted by molar-refractivity contribution is -0.107. The second-order valence-corrected chi connectivity index (χ2v) is 4.44. The fourth-order valence-corrected chi connectivity index (χ4v) is 2.24. The molecule has 0 radical (unpaired) electrons. The molecule has 92 valence electrons. The number of carbonyl (C=O) groups excluding carboxylic acids is 1. The Morgan fingerprint density at radius 2 is 2.06 bits per heavy atom. The van der Waals surface area contributed by atoms with Gasteiger partial charge in [-0.25, -0.2) is 0 Å². The highest BCUT2D eigenvalue weighted by Crippen LogP contribution is 2.21. The van der Waals surface area contributed by atoms with Crippen LogP contribution in [0.2, 0.25) is 0 Å². The summed E-state index contributed by atoms with van der Waals surface area (Å²) < 4.78 is 5.95. The molecule has 3 heteroatoms. The number of aldehydes is 1. The van der Waals surface area contributed by atoms with Crippen molar-refractivity contribution in [3.05, 3.63) is 29.8 Å². The first-order valence-electron chi connectivity index (χ1n) is 6.23. The molecule has 1 heterocycles. The van der Waals surface area contributed by atoms with Crippen molar-refractivity contribution in [3.8, 4) is 5.75 Å². The van der Waals surface area contributed by atoms with Gasteiger partial charge in [0.25, 0.3) is 0 Å². The summed E-state index contributed by atoms with van der Waals surface area (Å²) in [4.78, 5) is 12.9. The average Bonchev–Trinajstić information content (AvgIpc) is 2.85. The summed E-state index contributed by atoms with van der Waals surface area (Å²) in [6, 6.07) is 7.76. The number of hydrogen-bond donors (Lipinski definition) is 0. The first-order chi connectivity index (χ1) is 8.31. The first kappa shape index (κ1) is 12.1. The topological polar surface area (TPSA) is 29.5 Å². The zero-order valence-electron chi connectivity index (χ0n) is 10.3. The zero-order chi connectivity index (χ0) is 12.1. The van der Waals surface area contributed by atoms with Crippen molar-refractivity contribution in [2.24, 2.45) is 0 Å². The molecule has 3 nitrogen and oxygen atoms in total. The normalized spacial score (nSPS) is 17.9. The molecule has 0 aromatic heterocycles. The third kappa shape index (κ3) is 3.07. The third-order valence-corrected chi connectivity index (χ3v) is 3.23. The molecule has 1 aromatic rings. The van der Waals surface area contributed by atoms with Crippen molar-refractivity contribution < 1.29 is 9.53 Å². The van der Waals surface area contributed by atoms with Crippen molar-refractivity contribution >= 4 is 6.29 Å². The lowest BCUT2D eigenvalue weighted by Crippen LogP contribution is -2.34. The Balaban J connectivity index is 2.03. The fourth-order valence-electron chi connectivity index (χ4n) is 2.24. The van der Waals surface area contributed by atoms with Crippen LogP contribution in [0.15, 0.2) is 24.3 Å². The summed E-state index contributed by atoms with van der Waals surface area (Å²) in [6.45, 7) is 4.29. The summed E-state index contributed by atoms with van der Waals surface area (Å²) >= 11 is 0. The molecule has 1 atom stereocenters. The largest absolute Gasteiger partial charge is 0.475 e. The maximum Gasteiger partial charge on any atom is 0.149 e. The smallest absolute Gasteiger partial charge is 0.149 e. The molecular weight excluding hydrogens is 214 g/mol. The number of benzene rings is 1. The van der Waals surface area contributed by atoms with Gasteiger partial charge in [0, 0.05) is 25.1 Å². The van der Waals surface area contributed by atoms with E-state index in [0.29, 0.717) is 6.42 Å². The SMILES string of the molecule is CC(Oc1ccccc1CC=O)N1CCCC1. The van der Waals surface area contributed by atoms with Gasteiger partial charge < -0.3 is 9.53 Å². The van der Waals surface area contributed by atoms with E-state index in [1.54, 1.807) is 0 Å². The van der Waals surface area contributed by atoms with E-state index >= 15 is 0 Å². The van der Waals surface area contributed by atoms with Gasteiger partial charge in [0.05, 0.1) is 0 Å². The molecule has 0 bridgehead atoms. The Bertz CT molecular complexity index is 372. The quantitative estimate of drug-likeness (QED) is 0.730. The number of nitrogens with zero attached hydrogens (tertiary/aromatic N) is 1. The van der Waals surface area contributed by atoms with Gasteiger partial charge in [0.1, 0.15) is 18.3 Å². The van der Waals surface area contributed by atoms with Crippen LogP contribution >= 0.6 is 0 Å². The molecule has 0 saturated carbocycles. The number of para-hydroxylation sites is 1. The second-order valence-electron chi connectivity index (χ2n) is 4.44. The molecule has 0 amide bonds. The molecule has 1 aliphatic heterocycles. The lowest BCUT2D eigenvalue weighted by atomic mass is 10.1. The number of likely N-dealkylation sites (tertiary alicyclic amines) is 1. The Morgan fingerprint density at radius 1 is 1.35 bits per heavy atom. The molecule has 1 unspecified atom stereocenters. The molecule has 0 spiro atoms. The molecular formula is C14H19NO2. The van der Waals surface area contributed by atoms with Crippen LogP contribution in [0.25, 0.3) is 0 Å². The van der Waals surface area contributed by atoms with Gasteiger partial charge in [-0.15, -0.1) is 0 Å². The van der Waals surface area contributed by atoms with Gasteiger partial charge in [-0.2, -0.15) is 0 Å². The van der Waals surface area contributed by atoms with Crippen LogP contribution in [0.3, 0.4) is 0 Å². The Morgan fingerprint density at radius 3 is 2.76 bits per heavy atom. The molecule has 0 aliphatic carbocycles. The van der Waals surface area contributed by atoms with Crippen molar-refractivity contribution in [2.45, 2.75) is 32.4 Å². The molecule has 1 aliphatic rings. The van der Waals surface area contributed by atoms with Crippen molar-refractivity contribution in [1.82, 2.24) is 4.90 Å². The Labute approximate surface area is 102 Å². The van der Waals surface area contributed by atoms with Gasteiger partial charge in [0.15, 0.2) is 0 Å². The van der Waals surface area contributed by atoms with E-state index in [2.05, 4.69) is 11.8 Å². The zero-order valence-corrected chi connectivity index (χ0v) is 10.3. The van der Waals surface area contributed by atoms with E-state index in [9.17, 15) is 4.79 Å². The van der Waals surface area contributed by atoms with Gasteiger partial charge in [-0.05, 0) is 25.8 Å². The van der Waals surface area contributed by atoms with Crippen LogP contribution in [0.4, 0.5) is 0 Å². The molecule has 17 heavy (non-hydrogen) atoms. The lowest BCUT2D eigenvalue weighted by Gasteiger charge is -2.25. The summed E-state index contributed by atoms with van der Waals surface area (Å²) in [6.07, 6.45) is 3.93. The minimum atomic E-state index is 0.0882. The van der Waals surface area contributed by atoms with Crippen LogP contribution in [0, 0.1) is 0 Å². The summed E-state index contributed by atoms with van der Waals surface area (Å²) in [5, 5.41) is 0. The molecule has 1 saturated heterocycles. The first-order valence-corrected chi connectivity index (χ1v) is 6.23. The average molecular weight is 233 g/mol. The van der Waals surface area contributed by atoms with E-state index < -0.39 is 0 Å². The van der Waals surface area contributed by atoms with Gasteiger partial charge >= 0.3 is 0 Å². The maximum absolute atomic E-state index is 10.6. The van der Waals surface area contributed by atoms with Crippen LogP contribution in [-0.4, -0.2) is 30.5 Å². The van der Waals surface area contributed by atoms with Gasteiger partial charge in [0.2, 0.25) is 0 Å². The molecule has 0 N–H and O–H groups in total. The molecule has 1 fully saturated rings. The second kappa shape index (κ2) is 5.82. The van der Waals surface area contributed by atoms with Crippen LogP contribution < -0.4 is 4.74 Å². The van der Waals surface area contributed by atoms with Crippen molar-refractivity contribution in [2.75, 3.05) is 13.1 Å². The number of hydrogen-bond acceptors (Lipinski definition) is 3. The van der Waals surface area contributed by atoms with Gasteiger partial charge in [-0.1, -0.05) is 18.2 Å². The van der Waals surface area contributed by atoms with Crippen molar-refractivity contribution in [1.29, 1.82) is 0 Å².